The van der Waals surface area contributed by atoms with Crippen molar-refractivity contribution in [1.29, 1.82) is 0 Å². The number of aliphatic imine (C=N–C) groups is 1. The maximum absolute atomic E-state index is 12.1. The van der Waals surface area contributed by atoms with E-state index in [0.29, 0.717) is 18.7 Å². The maximum Gasteiger partial charge on any atom is 0.251 e. The summed E-state index contributed by atoms with van der Waals surface area (Å²) < 4.78 is 0. The number of phenols is 1. The van der Waals surface area contributed by atoms with Gasteiger partial charge in [0.15, 0.2) is 5.96 Å². The second kappa shape index (κ2) is 11.0. The highest BCUT2D eigenvalue weighted by Gasteiger charge is 2.16. The lowest BCUT2D eigenvalue weighted by atomic mass is 10.0. The van der Waals surface area contributed by atoms with Gasteiger partial charge < -0.3 is 20.6 Å². The summed E-state index contributed by atoms with van der Waals surface area (Å²) in [6.07, 6.45) is 5.53. The molecule has 0 atom stereocenters. The summed E-state index contributed by atoms with van der Waals surface area (Å²) >= 11 is 1.83. The van der Waals surface area contributed by atoms with E-state index in [1.54, 1.807) is 18.2 Å². The Kier molecular flexibility index (Phi) is 8.07. The first-order chi connectivity index (χ1) is 14.6. The van der Waals surface area contributed by atoms with E-state index in [0.717, 1.165) is 36.9 Å². The molecule has 8 heteroatoms. The predicted molar refractivity (Wildman–Crippen MR) is 121 cm³/mol. The molecular weight excluding hydrogens is 398 g/mol. The van der Waals surface area contributed by atoms with Crippen LogP contribution in [0.25, 0.3) is 0 Å². The van der Waals surface area contributed by atoms with Crippen molar-refractivity contribution in [2.45, 2.75) is 45.6 Å². The Hall–Kier alpha value is -2.61. The third-order valence-corrected chi connectivity index (χ3v) is 6.09. The van der Waals surface area contributed by atoms with Crippen LogP contribution in [0.1, 0.15) is 52.1 Å². The number of amides is 1. The van der Waals surface area contributed by atoms with Crippen LogP contribution in [0.3, 0.4) is 0 Å². The van der Waals surface area contributed by atoms with Gasteiger partial charge in [-0.1, -0.05) is 6.07 Å². The molecule has 0 unspecified atom stereocenters. The molecule has 162 valence electrons. The Morgan fingerprint density at radius 3 is 2.90 bits per heavy atom. The number of nitrogens with one attached hydrogen (secondary N) is 2. The van der Waals surface area contributed by atoms with E-state index in [2.05, 4.69) is 22.5 Å². The number of aromatic nitrogens is 1. The normalized spacial score (nSPS) is 13.6. The van der Waals surface area contributed by atoms with Crippen molar-refractivity contribution in [2.75, 3.05) is 26.7 Å². The molecule has 1 aliphatic rings. The van der Waals surface area contributed by atoms with Crippen molar-refractivity contribution >= 4 is 23.2 Å². The van der Waals surface area contributed by atoms with Crippen LogP contribution >= 0.6 is 11.3 Å². The average molecular weight is 430 g/mol. The highest BCUT2D eigenvalue weighted by Crippen LogP contribution is 2.27. The van der Waals surface area contributed by atoms with Gasteiger partial charge >= 0.3 is 0 Å². The van der Waals surface area contributed by atoms with Crippen molar-refractivity contribution in [3.63, 3.8) is 0 Å². The van der Waals surface area contributed by atoms with Crippen LogP contribution in [-0.4, -0.2) is 53.5 Å². The van der Waals surface area contributed by atoms with E-state index in [4.69, 9.17) is 9.98 Å². The molecule has 1 amide bonds. The summed E-state index contributed by atoms with van der Waals surface area (Å²) in [5.41, 5.74) is 1.75. The van der Waals surface area contributed by atoms with Gasteiger partial charge in [0, 0.05) is 37.1 Å². The lowest BCUT2D eigenvalue weighted by molar-refractivity contribution is 0.0953. The van der Waals surface area contributed by atoms with Crippen LogP contribution in [-0.2, 0) is 19.4 Å². The second-order valence-corrected chi connectivity index (χ2v) is 8.60. The Morgan fingerprint density at radius 1 is 1.30 bits per heavy atom. The molecule has 0 saturated heterocycles. The fourth-order valence-electron chi connectivity index (χ4n) is 3.44. The van der Waals surface area contributed by atoms with Gasteiger partial charge in [-0.05, 0) is 57.2 Å². The third-order valence-electron chi connectivity index (χ3n) is 4.95. The van der Waals surface area contributed by atoms with Gasteiger partial charge in [-0.2, -0.15) is 0 Å². The largest absolute Gasteiger partial charge is 0.508 e. The first-order valence-corrected chi connectivity index (χ1v) is 11.4. The van der Waals surface area contributed by atoms with Crippen LogP contribution in [0, 0.1) is 0 Å². The topological polar surface area (TPSA) is 89.8 Å². The number of guanidine groups is 1. The molecule has 0 bridgehead atoms. The molecule has 3 N–H and O–H groups in total. The molecule has 0 fully saturated rings. The SMILES string of the molecule is CCNC(=NCCCNC(=O)c1cccc(O)c1)N(C)Cc1nc2c(s1)CCCC2. The maximum atomic E-state index is 12.1. The number of phenolic OH excluding ortho intramolecular Hbond substituents is 1. The number of carbonyl (C=O) groups is 1. The molecule has 0 radical (unpaired) electrons. The van der Waals surface area contributed by atoms with Crippen LogP contribution in [0.2, 0.25) is 0 Å². The van der Waals surface area contributed by atoms with E-state index >= 15 is 0 Å². The summed E-state index contributed by atoms with van der Waals surface area (Å²) in [7, 11) is 2.03. The van der Waals surface area contributed by atoms with Crippen LogP contribution in [0.5, 0.6) is 5.75 Å². The molecule has 3 rings (SSSR count). The summed E-state index contributed by atoms with van der Waals surface area (Å²) in [4.78, 5) is 25.2. The van der Waals surface area contributed by atoms with Crippen LogP contribution in [0.4, 0.5) is 0 Å². The number of nitrogens with zero attached hydrogens (tertiary/aromatic N) is 3. The molecule has 2 aromatic rings. The van der Waals surface area contributed by atoms with E-state index in [-0.39, 0.29) is 11.7 Å². The molecule has 7 nitrogen and oxygen atoms in total. The quantitative estimate of drug-likeness (QED) is 0.341. The molecule has 1 heterocycles. The van der Waals surface area contributed by atoms with Crippen LogP contribution < -0.4 is 10.6 Å². The zero-order chi connectivity index (χ0) is 21.3. The van der Waals surface area contributed by atoms with Crippen molar-refractivity contribution in [3.8, 4) is 5.75 Å². The van der Waals surface area contributed by atoms with Crippen LogP contribution in [0.15, 0.2) is 29.3 Å². The summed E-state index contributed by atoms with van der Waals surface area (Å²) in [6, 6.07) is 6.35. The van der Waals surface area contributed by atoms with Crippen molar-refractivity contribution in [1.82, 2.24) is 20.5 Å². The highest BCUT2D eigenvalue weighted by atomic mass is 32.1. The molecule has 0 saturated carbocycles. The molecule has 30 heavy (non-hydrogen) atoms. The zero-order valence-electron chi connectivity index (χ0n) is 17.8. The Morgan fingerprint density at radius 2 is 2.13 bits per heavy atom. The van der Waals surface area contributed by atoms with E-state index in [1.165, 1.54) is 35.9 Å². The van der Waals surface area contributed by atoms with E-state index in [1.807, 2.05) is 18.4 Å². The fourth-order valence-corrected chi connectivity index (χ4v) is 4.65. The lowest BCUT2D eigenvalue weighted by Crippen LogP contribution is -2.38. The third kappa shape index (κ3) is 6.19. The van der Waals surface area contributed by atoms with Gasteiger partial charge in [0.05, 0.1) is 12.2 Å². The number of aryl methyl sites for hydroxylation is 2. The smallest absolute Gasteiger partial charge is 0.251 e. The molecule has 0 aliphatic heterocycles. The minimum absolute atomic E-state index is 0.0895. The fraction of sp³-hybridized carbons (Fsp3) is 0.500. The summed E-state index contributed by atoms with van der Waals surface area (Å²) in [5, 5.41) is 16.8. The van der Waals surface area contributed by atoms with Gasteiger partial charge in [-0.3, -0.25) is 9.79 Å². The first-order valence-electron chi connectivity index (χ1n) is 10.6. The zero-order valence-corrected chi connectivity index (χ0v) is 18.6. The number of hydrogen-bond acceptors (Lipinski definition) is 5. The average Bonchev–Trinajstić information content (AvgIpc) is 3.14. The number of rotatable bonds is 8. The monoisotopic (exact) mass is 429 g/mol. The minimum atomic E-state index is -0.188. The summed E-state index contributed by atoms with van der Waals surface area (Å²) in [6.45, 7) is 4.74. The van der Waals surface area contributed by atoms with Crippen molar-refractivity contribution in [2.24, 2.45) is 4.99 Å². The first kappa shape index (κ1) is 22.1. The number of fused-ring (bicyclic) bond motifs is 1. The molecule has 1 aliphatic carbocycles. The number of thiazole rings is 1. The van der Waals surface area contributed by atoms with Gasteiger partial charge in [-0.25, -0.2) is 4.98 Å². The van der Waals surface area contributed by atoms with Gasteiger partial charge in [0.2, 0.25) is 0 Å². The molecule has 1 aromatic heterocycles. The van der Waals surface area contributed by atoms with Crippen molar-refractivity contribution in [3.05, 3.63) is 45.4 Å². The number of aromatic hydroxyl groups is 1. The van der Waals surface area contributed by atoms with E-state index < -0.39 is 0 Å². The Balaban J connectivity index is 1.47. The number of hydrogen-bond donors (Lipinski definition) is 3. The Labute approximate surface area is 182 Å². The molecular formula is C22H31N5O2S. The van der Waals surface area contributed by atoms with Crippen molar-refractivity contribution < 1.29 is 9.90 Å². The molecule has 0 spiro atoms. The van der Waals surface area contributed by atoms with Gasteiger partial charge in [0.1, 0.15) is 10.8 Å². The number of benzene rings is 1. The Bertz CT molecular complexity index is 857. The lowest BCUT2D eigenvalue weighted by Gasteiger charge is -2.21. The van der Waals surface area contributed by atoms with E-state index in [9.17, 15) is 9.90 Å². The van der Waals surface area contributed by atoms with Gasteiger partial charge in [-0.15, -0.1) is 11.3 Å². The molecule has 1 aromatic carbocycles. The predicted octanol–water partition coefficient (Wildman–Crippen LogP) is 2.94. The highest BCUT2D eigenvalue weighted by molar-refractivity contribution is 7.11. The van der Waals surface area contributed by atoms with Gasteiger partial charge in [0.25, 0.3) is 5.91 Å². The number of carbonyl (C=O) groups excluding carboxylic acids is 1. The minimum Gasteiger partial charge on any atom is -0.508 e. The summed E-state index contributed by atoms with van der Waals surface area (Å²) in [5.74, 6) is 0.753. The standard InChI is InChI=1S/C22H31N5O2S/c1-3-23-22(27(2)15-20-26-18-10-4-5-11-19(18)30-20)25-13-7-12-24-21(29)16-8-6-9-17(28)14-16/h6,8-9,14,28H,3-5,7,10-13,15H2,1-2H3,(H,23,25)(H,24,29). The second-order valence-electron chi connectivity index (χ2n) is 7.44.